The van der Waals surface area contributed by atoms with E-state index < -0.39 is 16.0 Å². The van der Waals surface area contributed by atoms with E-state index in [0.717, 1.165) is 9.87 Å². The number of carbonyl (C=O) groups is 1. The third-order valence-electron chi connectivity index (χ3n) is 4.39. The van der Waals surface area contributed by atoms with E-state index in [-0.39, 0.29) is 11.5 Å². The van der Waals surface area contributed by atoms with Gasteiger partial charge in [-0.2, -0.15) is 0 Å². The third kappa shape index (κ3) is 5.25. The van der Waals surface area contributed by atoms with Crippen LogP contribution in [0.3, 0.4) is 0 Å². The van der Waals surface area contributed by atoms with Gasteiger partial charge >= 0.3 is 5.97 Å². The molecule has 3 aromatic carbocycles. The third-order valence-corrected chi connectivity index (χ3v) is 6.20. The van der Waals surface area contributed by atoms with Gasteiger partial charge in [0.15, 0.2) is 0 Å². The topological polar surface area (TPSA) is 72.9 Å². The average Bonchev–Trinajstić information content (AvgIpc) is 2.77. The monoisotopic (exact) mass is 425 g/mol. The summed E-state index contributed by atoms with van der Waals surface area (Å²) in [5.41, 5.74) is 1.87. The molecule has 0 amide bonds. The summed E-state index contributed by atoms with van der Waals surface area (Å²) in [5, 5.41) is 0. The standard InChI is InChI=1S/C23H23NO5S/c1-24(2)30(26,27)20-12-8-11-19(15-20)17-29-23(25)21-13-6-7-14-22(21)28-16-18-9-4-3-5-10-18/h3-15H,16-17H2,1-2H3. The summed E-state index contributed by atoms with van der Waals surface area (Å²) < 4.78 is 36.9. The first-order valence-electron chi connectivity index (χ1n) is 9.32. The van der Waals surface area contributed by atoms with E-state index in [0.29, 0.717) is 23.5 Å². The Morgan fingerprint density at radius 3 is 2.23 bits per heavy atom. The van der Waals surface area contributed by atoms with Gasteiger partial charge in [0.25, 0.3) is 0 Å². The van der Waals surface area contributed by atoms with E-state index in [9.17, 15) is 13.2 Å². The van der Waals surface area contributed by atoms with Crippen molar-refractivity contribution in [1.82, 2.24) is 4.31 Å². The van der Waals surface area contributed by atoms with Gasteiger partial charge in [-0.15, -0.1) is 0 Å². The highest BCUT2D eigenvalue weighted by Gasteiger charge is 2.18. The van der Waals surface area contributed by atoms with Gasteiger partial charge in [-0.3, -0.25) is 0 Å². The van der Waals surface area contributed by atoms with Crippen molar-refractivity contribution in [2.24, 2.45) is 0 Å². The zero-order valence-electron chi connectivity index (χ0n) is 16.8. The van der Waals surface area contributed by atoms with Crippen molar-refractivity contribution < 1.29 is 22.7 Å². The lowest BCUT2D eigenvalue weighted by molar-refractivity contribution is 0.0467. The van der Waals surface area contributed by atoms with Crippen molar-refractivity contribution in [2.45, 2.75) is 18.1 Å². The highest BCUT2D eigenvalue weighted by atomic mass is 32.2. The molecule has 0 saturated carbocycles. The largest absolute Gasteiger partial charge is 0.488 e. The first-order chi connectivity index (χ1) is 14.4. The molecule has 0 aliphatic heterocycles. The fourth-order valence-corrected chi connectivity index (χ4v) is 3.70. The van der Waals surface area contributed by atoms with Crippen LogP contribution in [-0.2, 0) is 28.0 Å². The number of benzene rings is 3. The first-order valence-corrected chi connectivity index (χ1v) is 10.8. The fourth-order valence-electron chi connectivity index (χ4n) is 2.73. The van der Waals surface area contributed by atoms with Gasteiger partial charge in [0.1, 0.15) is 24.5 Å². The van der Waals surface area contributed by atoms with Crippen LogP contribution in [0.25, 0.3) is 0 Å². The van der Waals surface area contributed by atoms with Crippen LogP contribution in [0, 0.1) is 0 Å². The number of para-hydroxylation sites is 1. The highest BCUT2D eigenvalue weighted by molar-refractivity contribution is 7.89. The molecule has 0 atom stereocenters. The Morgan fingerprint density at radius 2 is 1.50 bits per heavy atom. The Hall–Kier alpha value is -3.16. The van der Waals surface area contributed by atoms with Crippen molar-refractivity contribution in [2.75, 3.05) is 14.1 Å². The van der Waals surface area contributed by atoms with Crippen LogP contribution in [0.2, 0.25) is 0 Å². The summed E-state index contributed by atoms with van der Waals surface area (Å²) in [5.74, 6) is -0.116. The summed E-state index contributed by atoms with van der Waals surface area (Å²) in [6, 6.07) is 22.8. The summed E-state index contributed by atoms with van der Waals surface area (Å²) in [6.07, 6.45) is 0. The fraction of sp³-hybridized carbons (Fsp3) is 0.174. The van der Waals surface area contributed by atoms with E-state index in [1.165, 1.54) is 26.2 Å². The summed E-state index contributed by atoms with van der Waals surface area (Å²) >= 11 is 0. The second-order valence-corrected chi connectivity index (χ2v) is 8.93. The number of nitrogens with zero attached hydrogens (tertiary/aromatic N) is 1. The van der Waals surface area contributed by atoms with E-state index in [1.807, 2.05) is 30.3 Å². The maximum atomic E-state index is 12.6. The second kappa shape index (κ2) is 9.56. The smallest absolute Gasteiger partial charge is 0.342 e. The van der Waals surface area contributed by atoms with Gasteiger partial charge in [0.2, 0.25) is 10.0 Å². The molecule has 0 N–H and O–H groups in total. The van der Waals surface area contributed by atoms with Crippen molar-refractivity contribution in [3.63, 3.8) is 0 Å². The van der Waals surface area contributed by atoms with Crippen molar-refractivity contribution in [3.05, 3.63) is 95.6 Å². The van der Waals surface area contributed by atoms with Gasteiger partial charge < -0.3 is 9.47 Å². The van der Waals surface area contributed by atoms with Crippen LogP contribution in [-0.4, -0.2) is 32.8 Å². The molecular formula is C23H23NO5S. The van der Waals surface area contributed by atoms with Crippen LogP contribution in [0.15, 0.2) is 83.8 Å². The number of hydrogen-bond acceptors (Lipinski definition) is 5. The predicted molar refractivity (Wildman–Crippen MR) is 114 cm³/mol. The maximum Gasteiger partial charge on any atom is 0.342 e. The number of sulfonamides is 1. The Kier molecular flexibility index (Phi) is 6.87. The zero-order valence-corrected chi connectivity index (χ0v) is 17.6. The van der Waals surface area contributed by atoms with Crippen LogP contribution < -0.4 is 4.74 Å². The molecule has 0 aliphatic carbocycles. The number of rotatable bonds is 8. The normalized spacial score (nSPS) is 11.3. The quantitative estimate of drug-likeness (QED) is 0.512. The molecule has 0 heterocycles. The predicted octanol–water partition coefficient (Wildman–Crippen LogP) is 3.87. The lowest BCUT2D eigenvalue weighted by Crippen LogP contribution is -2.22. The number of hydrogen-bond donors (Lipinski definition) is 0. The Bertz CT molecular complexity index is 1110. The molecule has 0 saturated heterocycles. The molecule has 0 spiro atoms. The van der Waals surface area contributed by atoms with Crippen LogP contribution in [0.5, 0.6) is 5.75 Å². The molecule has 7 heteroatoms. The lowest BCUT2D eigenvalue weighted by Gasteiger charge is -2.13. The summed E-state index contributed by atoms with van der Waals surface area (Å²) in [4.78, 5) is 12.8. The van der Waals surface area contributed by atoms with Crippen molar-refractivity contribution in [3.8, 4) is 5.75 Å². The Labute approximate surface area is 176 Å². The van der Waals surface area contributed by atoms with E-state index >= 15 is 0 Å². The molecular weight excluding hydrogens is 402 g/mol. The average molecular weight is 426 g/mol. The van der Waals surface area contributed by atoms with E-state index in [1.54, 1.807) is 36.4 Å². The van der Waals surface area contributed by atoms with Crippen molar-refractivity contribution in [1.29, 1.82) is 0 Å². The lowest BCUT2D eigenvalue weighted by atomic mass is 10.2. The summed E-state index contributed by atoms with van der Waals surface area (Å²) in [6.45, 7) is 0.276. The molecule has 0 aliphatic rings. The maximum absolute atomic E-state index is 12.6. The second-order valence-electron chi connectivity index (χ2n) is 6.78. The highest BCUT2D eigenvalue weighted by Crippen LogP contribution is 2.21. The molecule has 0 bridgehead atoms. The minimum atomic E-state index is -3.56. The molecule has 30 heavy (non-hydrogen) atoms. The Balaban J connectivity index is 1.69. The van der Waals surface area contributed by atoms with Crippen LogP contribution >= 0.6 is 0 Å². The van der Waals surface area contributed by atoms with Gasteiger partial charge in [-0.25, -0.2) is 17.5 Å². The number of esters is 1. The summed E-state index contributed by atoms with van der Waals surface area (Å²) in [7, 11) is -0.624. The number of carbonyl (C=O) groups excluding carboxylic acids is 1. The minimum absolute atomic E-state index is 0.0529. The molecule has 3 rings (SSSR count). The zero-order chi connectivity index (χ0) is 21.6. The van der Waals surface area contributed by atoms with E-state index in [2.05, 4.69) is 0 Å². The molecule has 0 radical (unpaired) electrons. The Morgan fingerprint density at radius 1 is 0.833 bits per heavy atom. The first kappa shape index (κ1) is 21.5. The molecule has 3 aromatic rings. The molecule has 0 unspecified atom stereocenters. The molecule has 156 valence electrons. The van der Waals surface area contributed by atoms with Crippen molar-refractivity contribution >= 4 is 16.0 Å². The number of ether oxygens (including phenoxy) is 2. The SMILES string of the molecule is CN(C)S(=O)(=O)c1cccc(COC(=O)c2ccccc2OCc2ccccc2)c1. The minimum Gasteiger partial charge on any atom is -0.488 e. The van der Waals surface area contributed by atoms with Gasteiger partial charge in [0.05, 0.1) is 4.90 Å². The molecule has 0 fully saturated rings. The molecule has 6 nitrogen and oxygen atoms in total. The van der Waals surface area contributed by atoms with Gasteiger partial charge in [-0.1, -0.05) is 54.6 Å². The van der Waals surface area contributed by atoms with Crippen LogP contribution in [0.4, 0.5) is 0 Å². The molecule has 0 aromatic heterocycles. The van der Waals surface area contributed by atoms with E-state index in [4.69, 9.17) is 9.47 Å². The van der Waals surface area contributed by atoms with Crippen LogP contribution in [0.1, 0.15) is 21.5 Å². The van der Waals surface area contributed by atoms with Gasteiger partial charge in [-0.05, 0) is 35.4 Å². The van der Waals surface area contributed by atoms with Gasteiger partial charge in [0, 0.05) is 14.1 Å².